The van der Waals surface area contributed by atoms with Crippen molar-refractivity contribution in [2.24, 2.45) is 11.1 Å². The molecule has 14 heavy (non-hydrogen) atoms. The van der Waals surface area contributed by atoms with Crippen LogP contribution in [0.15, 0.2) is 18.3 Å². The average molecular weight is 192 g/mol. The van der Waals surface area contributed by atoms with Crippen LogP contribution in [0.1, 0.15) is 36.8 Å². The Morgan fingerprint density at radius 3 is 2.43 bits per heavy atom. The molecule has 0 bridgehead atoms. The molecular formula is C11H16N2O. The number of aromatic nitrogens is 1. The van der Waals surface area contributed by atoms with E-state index in [9.17, 15) is 4.79 Å². The van der Waals surface area contributed by atoms with E-state index in [0.29, 0.717) is 5.69 Å². The third kappa shape index (κ3) is 3.17. The Balaban J connectivity index is 2.79. The fourth-order valence-corrected chi connectivity index (χ4v) is 1.29. The van der Waals surface area contributed by atoms with Crippen LogP contribution in [0.5, 0.6) is 0 Å². The molecule has 0 aliphatic heterocycles. The number of primary amides is 1. The monoisotopic (exact) mass is 192 g/mol. The second kappa shape index (κ2) is 3.78. The molecule has 0 atom stereocenters. The van der Waals surface area contributed by atoms with Gasteiger partial charge in [-0.2, -0.15) is 0 Å². The second-order valence-corrected chi connectivity index (χ2v) is 4.65. The number of nitrogens with two attached hydrogens (primary N) is 1. The van der Waals surface area contributed by atoms with Crippen LogP contribution >= 0.6 is 0 Å². The highest BCUT2D eigenvalue weighted by molar-refractivity contribution is 5.90. The molecule has 0 spiro atoms. The minimum Gasteiger partial charge on any atom is -0.364 e. The Kier molecular flexibility index (Phi) is 2.89. The standard InChI is InChI=1S/C11H16N2O/c1-11(2,3)6-8-4-5-9(10(12)14)13-7-8/h4-5,7H,6H2,1-3H3,(H2,12,14). The molecule has 1 aromatic heterocycles. The minimum absolute atomic E-state index is 0.232. The Bertz CT molecular complexity index is 322. The van der Waals surface area contributed by atoms with Gasteiger partial charge in [0.25, 0.3) is 5.91 Å². The normalized spacial score (nSPS) is 11.4. The summed E-state index contributed by atoms with van der Waals surface area (Å²) < 4.78 is 0. The first kappa shape index (κ1) is 10.7. The first-order chi connectivity index (χ1) is 6.38. The fourth-order valence-electron chi connectivity index (χ4n) is 1.29. The van der Waals surface area contributed by atoms with Gasteiger partial charge in [0.2, 0.25) is 0 Å². The van der Waals surface area contributed by atoms with Crippen molar-refractivity contribution < 1.29 is 4.79 Å². The molecule has 1 amide bonds. The van der Waals surface area contributed by atoms with Crippen LogP contribution in [0, 0.1) is 5.41 Å². The summed E-state index contributed by atoms with van der Waals surface area (Å²) in [7, 11) is 0. The van der Waals surface area contributed by atoms with E-state index in [1.54, 1.807) is 12.3 Å². The molecule has 0 aliphatic carbocycles. The van der Waals surface area contributed by atoms with Gasteiger partial charge in [0, 0.05) is 6.20 Å². The lowest BCUT2D eigenvalue weighted by atomic mass is 9.89. The Morgan fingerprint density at radius 1 is 1.43 bits per heavy atom. The van der Waals surface area contributed by atoms with Gasteiger partial charge in [-0.15, -0.1) is 0 Å². The van der Waals surface area contributed by atoms with Gasteiger partial charge in [-0.25, -0.2) is 0 Å². The lowest BCUT2D eigenvalue weighted by Crippen LogP contribution is -2.14. The molecule has 3 heteroatoms. The highest BCUT2D eigenvalue weighted by Crippen LogP contribution is 2.19. The van der Waals surface area contributed by atoms with Crippen molar-refractivity contribution in [3.8, 4) is 0 Å². The summed E-state index contributed by atoms with van der Waals surface area (Å²) in [6.45, 7) is 6.49. The largest absolute Gasteiger partial charge is 0.364 e. The number of amides is 1. The number of rotatable bonds is 2. The van der Waals surface area contributed by atoms with E-state index in [4.69, 9.17) is 5.73 Å². The minimum atomic E-state index is -0.479. The summed E-state index contributed by atoms with van der Waals surface area (Å²) in [5, 5.41) is 0. The van der Waals surface area contributed by atoms with E-state index < -0.39 is 5.91 Å². The van der Waals surface area contributed by atoms with Crippen LogP contribution < -0.4 is 5.73 Å². The van der Waals surface area contributed by atoms with Crippen molar-refractivity contribution in [2.45, 2.75) is 27.2 Å². The number of hydrogen-bond acceptors (Lipinski definition) is 2. The summed E-state index contributed by atoms with van der Waals surface area (Å²) >= 11 is 0. The second-order valence-electron chi connectivity index (χ2n) is 4.65. The van der Waals surface area contributed by atoms with Gasteiger partial charge in [-0.05, 0) is 23.5 Å². The van der Waals surface area contributed by atoms with Gasteiger partial charge in [0.1, 0.15) is 5.69 Å². The predicted octanol–water partition coefficient (Wildman–Crippen LogP) is 1.77. The molecule has 0 fully saturated rings. The van der Waals surface area contributed by atoms with Crippen molar-refractivity contribution in [3.05, 3.63) is 29.6 Å². The molecule has 1 heterocycles. The van der Waals surface area contributed by atoms with Crippen LogP contribution in [0.25, 0.3) is 0 Å². The van der Waals surface area contributed by atoms with Crippen molar-refractivity contribution in [2.75, 3.05) is 0 Å². The third-order valence-electron chi connectivity index (χ3n) is 1.81. The van der Waals surface area contributed by atoms with Gasteiger partial charge < -0.3 is 5.73 Å². The number of carbonyl (C=O) groups excluding carboxylic acids is 1. The molecule has 0 aliphatic rings. The number of carbonyl (C=O) groups is 1. The lowest BCUT2D eigenvalue weighted by molar-refractivity contribution is 0.0995. The topological polar surface area (TPSA) is 56.0 Å². The first-order valence-corrected chi connectivity index (χ1v) is 4.63. The predicted molar refractivity (Wildman–Crippen MR) is 55.9 cm³/mol. The van der Waals surface area contributed by atoms with E-state index in [2.05, 4.69) is 25.8 Å². The van der Waals surface area contributed by atoms with Gasteiger partial charge >= 0.3 is 0 Å². The molecule has 76 valence electrons. The Labute approximate surface area is 84.3 Å². The third-order valence-corrected chi connectivity index (χ3v) is 1.81. The molecule has 1 rings (SSSR count). The van der Waals surface area contributed by atoms with Crippen LogP contribution in [-0.2, 0) is 6.42 Å². The highest BCUT2D eigenvalue weighted by Gasteiger charge is 2.11. The zero-order valence-electron chi connectivity index (χ0n) is 8.87. The molecule has 0 saturated heterocycles. The van der Waals surface area contributed by atoms with Crippen LogP contribution in [-0.4, -0.2) is 10.9 Å². The average Bonchev–Trinajstić information content (AvgIpc) is 2.02. The highest BCUT2D eigenvalue weighted by atomic mass is 16.1. The van der Waals surface area contributed by atoms with Crippen molar-refractivity contribution >= 4 is 5.91 Å². The van der Waals surface area contributed by atoms with E-state index >= 15 is 0 Å². The summed E-state index contributed by atoms with van der Waals surface area (Å²) in [5.74, 6) is -0.479. The molecule has 0 aromatic carbocycles. The fraction of sp³-hybridized carbons (Fsp3) is 0.455. The summed E-state index contributed by atoms with van der Waals surface area (Å²) in [5.41, 5.74) is 6.77. The quantitative estimate of drug-likeness (QED) is 0.776. The molecule has 1 aromatic rings. The number of pyridine rings is 1. The molecule has 3 nitrogen and oxygen atoms in total. The van der Waals surface area contributed by atoms with Crippen molar-refractivity contribution in [1.82, 2.24) is 4.98 Å². The van der Waals surface area contributed by atoms with Crippen LogP contribution in [0.4, 0.5) is 0 Å². The number of hydrogen-bond donors (Lipinski definition) is 1. The van der Waals surface area contributed by atoms with E-state index in [0.717, 1.165) is 12.0 Å². The zero-order valence-corrected chi connectivity index (χ0v) is 8.87. The number of nitrogens with zero attached hydrogens (tertiary/aromatic N) is 1. The maximum atomic E-state index is 10.8. The van der Waals surface area contributed by atoms with Gasteiger partial charge in [-0.1, -0.05) is 26.8 Å². The summed E-state index contributed by atoms with van der Waals surface area (Å²) in [6.07, 6.45) is 2.66. The smallest absolute Gasteiger partial charge is 0.267 e. The maximum absolute atomic E-state index is 10.8. The SMILES string of the molecule is CC(C)(C)Cc1ccc(C(N)=O)nc1. The molecule has 0 unspecified atom stereocenters. The van der Waals surface area contributed by atoms with E-state index in [1.165, 1.54) is 0 Å². The van der Waals surface area contributed by atoms with Gasteiger partial charge in [-0.3, -0.25) is 9.78 Å². The maximum Gasteiger partial charge on any atom is 0.267 e. The van der Waals surface area contributed by atoms with E-state index in [-0.39, 0.29) is 5.41 Å². The molecule has 0 saturated carbocycles. The Morgan fingerprint density at radius 2 is 2.07 bits per heavy atom. The van der Waals surface area contributed by atoms with Crippen LogP contribution in [0.3, 0.4) is 0 Å². The van der Waals surface area contributed by atoms with E-state index in [1.807, 2.05) is 6.07 Å². The van der Waals surface area contributed by atoms with Crippen molar-refractivity contribution in [3.63, 3.8) is 0 Å². The summed E-state index contributed by atoms with van der Waals surface area (Å²) in [4.78, 5) is 14.7. The molecule has 0 radical (unpaired) electrons. The molecular weight excluding hydrogens is 176 g/mol. The summed E-state index contributed by atoms with van der Waals surface area (Å²) in [6, 6.07) is 3.57. The Hall–Kier alpha value is -1.38. The first-order valence-electron chi connectivity index (χ1n) is 4.63. The zero-order chi connectivity index (χ0) is 10.8. The van der Waals surface area contributed by atoms with Crippen LogP contribution in [0.2, 0.25) is 0 Å². The lowest BCUT2D eigenvalue weighted by Gasteiger charge is -2.17. The van der Waals surface area contributed by atoms with Crippen molar-refractivity contribution in [1.29, 1.82) is 0 Å². The molecule has 2 N–H and O–H groups in total. The van der Waals surface area contributed by atoms with Gasteiger partial charge in [0.15, 0.2) is 0 Å². The van der Waals surface area contributed by atoms with Gasteiger partial charge in [0.05, 0.1) is 0 Å².